The summed E-state index contributed by atoms with van der Waals surface area (Å²) in [5.74, 6) is 0.311. The zero-order chi connectivity index (χ0) is 17.7. The van der Waals surface area contributed by atoms with Crippen LogP contribution in [0.5, 0.6) is 0 Å². The van der Waals surface area contributed by atoms with Crippen LogP contribution < -0.4 is 5.73 Å². The van der Waals surface area contributed by atoms with Crippen molar-refractivity contribution in [2.75, 3.05) is 26.2 Å². The molecule has 1 saturated heterocycles. The van der Waals surface area contributed by atoms with Gasteiger partial charge in [-0.2, -0.15) is 0 Å². The van der Waals surface area contributed by atoms with Crippen LogP contribution in [-0.4, -0.2) is 53.8 Å². The van der Waals surface area contributed by atoms with Crippen molar-refractivity contribution in [3.63, 3.8) is 0 Å². The number of aryl methyl sites for hydroxylation is 1. The number of carbonyl (C=O) groups is 2. The molecule has 5 nitrogen and oxygen atoms in total. The van der Waals surface area contributed by atoms with E-state index in [1.165, 1.54) is 5.56 Å². The Kier molecular flexibility index (Phi) is 6.37. The van der Waals surface area contributed by atoms with E-state index in [-0.39, 0.29) is 17.7 Å². The van der Waals surface area contributed by atoms with E-state index in [1.54, 1.807) is 4.90 Å². The molecule has 0 saturated carbocycles. The van der Waals surface area contributed by atoms with E-state index in [4.69, 9.17) is 5.73 Å². The monoisotopic (exact) mass is 331 g/mol. The molecule has 1 aromatic rings. The van der Waals surface area contributed by atoms with E-state index in [0.717, 1.165) is 12.0 Å². The van der Waals surface area contributed by atoms with Crippen molar-refractivity contribution in [3.8, 4) is 0 Å². The zero-order valence-electron chi connectivity index (χ0n) is 15.0. The molecule has 0 bridgehead atoms. The van der Waals surface area contributed by atoms with Crippen LogP contribution in [0.4, 0.5) is 0 Å². The average molecular weight is 331 g/mol. The third kappa shape index (κ3) is 4.57. The van der Waals surface area contributed by atoms with Crippen LogP contribution in [-0.2, 0) is 16.0 Å². The molecule has 2 N–H and O–H groups in total. The molecule has 24 heavy (non-hydrogen) atoms. The highest BCUT2D eigenvalue weighted by Gasteiger charge is 2.29. The molecule has 5 heteroatoms. The quantitative estimate of drug-likeness (QED) is 0.891. The van der Waals surface area contributed by atoms with Crippen LogP contribution in [0.25, 0.3) is 0 Å². The lowest BCUT2D eigenvalue weighted by Crippen LogP contribution is -2.55. The third-order valence-electron chi connectivity index (χ3n) is 4.96. The predicted octanol–water partition coefficient (Wildman–Crippen LogP) is 1.58. The molecule has 1 aromatic carbocycles. The van der Waals surface area contributed by atoms with Crippen molar-refractivity contribution in [2.24, 2.45) is 11.7 Å². The molecule has 0 aliphatic carbocycles. The molecule has 132 valence electrons. The summed E-state index contributed by atoms with van der Waals surface area (Å²) in [6.45, 7) is 8.40. The van der Waals surface area contributed by atoms with Gasteiger partial charge in [0.05, 0.1) is 12.5 Å². The van der Waals surface area contributed by atoms with Gasteiger partial charge in [-0.05, 0) is 18.4 Å². The minimum atomic E-state index is -0.440. The number of hydrogen-bond acceptors (Lipinski definition) is 3. The number of rotatable bonds is 5. The minimum Gasteiger partial charge on any atom is -0.339 e. The predicted molar refractivity (Wildman–Crippen MR) is 95.5 cm³/mol. The Morgan fingerprint density at radius 3 is 2.17 bits per heavy atom. The third-order valence-corrected chi connectivity index (χ3v) is 4.96. The molecule has 1 heterocycles. The Labute approximate surface area is 144 Å². The maximum absolute atomic E-state index is 12.4. The van der Waals surface area contributed by atoms with Crippen molar-refractivity contribution in [1.29, 1.82) is 0 Å². The Morgan fingerprint density at radius 1 is 1.08 bits per heavy atom. The van der Waals surface area contributed by atoms with Gasteiger partial charge >= 0.3 is 0 Å². The van der Waals surface area contributed by atoms with Gasteiger partial charge < -0.3 is 15.5 Å². The largest absolute Gasteiger partial charge is 0.339 e. The standard InChI is InChI=1S/C19H29N3O2/c1-4-15(3)18(20)19(24)22-11-9-21(10-12-22)17(23)13-16-7-5-14(2)6-8-16/h5-8,15,18H,4,9-13,20H2,1-3H3. The van der Waals surface area contributed by atoms with Gasteiger partial charge in [0.15, 0.2) is 0 Å². The smallest absolute Gasteiger partial charge is 0.239 e. The number of carbonyl (C=O) groups excluding carboxylic acids is 2. The van der Waals surface area contributed by atoms with E-state index in [9.17, 15) is 9.59 Å². The van der Waals surface area contributed by atoms with Crippen LogP contribution in [0.15, 0.2) is 24.3 Å². The van der Waals surface area contributed by atoms with Gasteiger partial charge in [0.1, 0.15) is 0 Å². The van der Waals surface area contributed by atoms with Crippen LogP contribution in [0, 0.1) is 12.8 Å². The van der Waals surface area contributed by atoms with Crippen LogP contribution in [0.1, 0.15) is 31.4 Å². The topological polar surface area (TPSA) is 66.6 Å². The highest BCUT2D eigenvalue weighted by Crippen LogP contribution is 2.12. The first kappa shape index (κ1) is 18.5. The van der Waals surface area contributed by atoms with Crippen LogP contribution in [0.3, 0.4) is 0 Å². The molecule has 1 fully saturated rings. The van der Waals surface area contributed by atoms with E-state index < -0.39 is 6.04 Å². The maximum atomic E-state index is 12.4. The van der Waals surface area contributed by atoms with Gasteiger partial charge in [-0.15, -0.1) is 0 Å². The molecule has 1 aliphatic heterocycles. The first-order chi connectivity index (χ1) is 11.4. The number of benzene rings is 1. The van der Waals surface area contributed by atoms with Gasteiger partial charge in [0.2, 0.25) is 11.8 Å². The Hall–Kier alpha value is -1.88. The first-order valence-corrected chi connectivity index (χ1v) is 8.80. The summed E-state index contributed by atoms with van der Waals surface area (Å²) >= 11 is 0. The number of nitrogens with zero attached hydrogens (tertiary/aromatic N) is 2. The van der Waals surface area contributed by atoms with E-state index in [2.05, 4.69) is 0 Å². The highest BCUT2D eigenvalue weighted by molar-refractivity contribution is 5.83. The molecular weight excluding hydrogens is 302 g/mol. The zero-order valence-corrected chi connectivity index (χ0v) is 15.0. The molecular formula is C19H29N3O2. The normalized spacial score (nSPS) is 17.5. The number of nitrogens with two attached hydrogens (primary N) is 1. The van der Waals surface area contributed by atoms with Gasteiger partial charge in [-0.3, -0.25) is 9.59 Å². The van der Waals surface area contributed by atoms with Gasteiger partial charge in [0, 0.05) is 26.2 Å². The van der Waals surface area contributed by atoms with E-state index in [0.29, 0.717) is 32.6 Å². The van der Waals surface area contributed by atoms with Crippen molar-refractivity contribution >= 4 is 11.8 Å². The lowest BCUT2D eigenvalue weighted by Gasteiger charge is -2.36. The Bertz CT molecular complexity index is 562. The second-order valence-corrected chi connectivity index (χ2v) is 6.78. The number of amides is 2. The van der Waals surface area contributed by atoms with Crippen molar-refractivity contribution < 1.29 is 9.59 Å². The first-order valence-electron chi connectivity index (χ1n) is 8.80. The lowest BCUT2D eigenvalue weighted by atomic mass is 9.98. The van der Waals surface area contributed by atoms with E-state index >= 15 is 0 Å². The van der Waals surface area contributed by atoms with Crippen molar-refractivity contribution in [3.05, 3.63) is 35.4 Å². The van der Waals surface area contributed by atoms with E-state index in [1.807, 2.05) is 49.9 Å². The number of hydrogen-bond donors (Lipinski definition) is 1. The molecule has 2 amide bonds. The highest BCUT2D eigenvalue weighted by atomic mass is 16.2. The summed E-state index contributed by atoms with van der Waals surface area (Å²) in [6.07, 6.45) is 1.31. The van der Waals surface area contributed by atoms with Crippen LogP contribution in [0.2, 0.25) is 0 Å². The fraction of sp³-hybridized carbons (Fsp3) is 0.579. The summed E-state index contributed by atoms with van der Waals surface area (Å²) in [6, 6.07) is 7.60. The molecule has 0 aromatic heterocycles. The summed E-state index contributed by atoms with van der Waals surface area (Å²) in [5, 5.41) is 0. The lowest BCUT2D eigenvalue weighted by molar-refractivity contribution is -0.140. The minimum absolute atomic E-state index is 0.00924. The summed E-state index contributed by atoms with van der Waals surface area (Å²) in [4.78, 5) is 28.5. The van der Waals surface area contributed by atoms with Gasteiger partial charge in [0.25, 0.3) is 0 Å². The molecule has 1 aliphatic rings. The summed E-state index contributed by atoms with van der Waals surface area (Å²) in [7, 11) is 0. The molecule has 0 spiro atoms. The fourth-order valence-corrected chi connectivity index (χ4v) is 2.88. The van der Waals surface area contributed by atoms with Crippen molar-refractivity contribution in [2.45, 2.75) is 39.7 Å². The second kappa shape index (κ2) is 8.29. The van der Waals surface area contributed by atoms with Gasteiger partial charge in [-0.25, -0.2) is 0 Å². The average Bonchev–Trinajstić information content (AvgIpc) is 2.61. The SMILES string of the molecule is CCC(C)C(N)C(=O)N1CCN(C(=O)Cc2ccc(C)cc2)CC1. The Balaban J connectivity index is 1.84. The fourth-order valence-electron chi connectivity index (χ4n) is 2.88. The molecule has 0 radical (unpaired) electrons. The molecule has 2 rings (SSSR count). The van der Waals surface area contributed by atoms with Crippen LogP contribution >= 0.6 is 0 Å². The van der Waals surface area contributed by atoms with Crippen molar-refractivity contribution in [1.82, 2.24) is 9.80 Å². The maximum Gasteiger partial charge on any atom is 0.239 e. The molecule has 2 atom stereocenters. The van der Waals surface area contributed by atoms with Gasteiger partial charge in [-0.1, -0.05) is 50.1 Å². The summed E-state index contributed by atoms with van der Waals surface area (Å²) < 4.78 is 0. The molecule has 2 unspecified atom stereocenters. The number of piperazine rings is 1. The Morgan fingerprint density at radius 2 is 1.62 bits per heavy atom. The second-order valence-electron chi connectivity index (χ2n) is 6.78. The summed E-state index contributed by atoms with van der Waals surface area (Å²) in [5.41, 5.74) is 8.26.